The monoisotopic (exact) mass is 808 g/mol. The first-order chi connectivity index (χ1) is 30.7. The number of hydrogen-bond donors (Lipinski definition) is 0. The summed E-state index contributed by atoms with van der Waals surface area (Å²) >= 11 is 1.84. The molecule has 12 aromatic rings. The summed E-state index contributed by atoms with van der Waals surface area (Å²) in [6.07, 6.45) is 0. The van der Waals surface area contributed by atoms with Gasteiger partial charge in [0, 0.05) is 58.9 Å². The maximum atomic E-state index is 5.44. The van der Waals surface area contributed by atoms with E-state index in [1.807, 2.05) is 17.4 Å². The standard InChI is InChI=1S/C57H36N4S/c1-4-15-38(16-5-1)49-36-50(59-57(58-49)41-29-27-37(28-30-41)42-31-32-53-48(34-42)47-25-12-13-26-52(47)62-53)44-22-14-23-45(33-44)54-55(40-19-8-3-9-20-40)60-61-51(39-17-6-2-7-18-39)35-43-21-10-11-24-46(43)56(54)61/h1-36H. The summed E-state index contributed by atoms with van der Waals surface area (Å²) in [6.45, 7) is 0. The Morgan fingerprint density at radius 2 is 0.935 bits per heavy atom. The zero-order valence-electron chi connectivity index (χ0n) is 33.5. The van der Waals surface area contributed by atoms with E-state index in [0.717, 1.165) is 83.6 Å². The number of fused-ring (bicyclic) bond motifs is 6. The molecule has 0 spiro atoms. The van der Waals surface area contributed by atoms with Gasteiger partial charge < -0.3 is 0 Å². The van der Waals surface area contributed by atoms with Crippen molar-refractivity contribution in [3.63, 3.8) is 0 Å². The van der Waals surface area contributed by atoms with E-state index in [1.165, 1.54) is 25.7 Å². The van der Waals surface area contributed by atoms with Crippen LogP contribution in [0.25, 0.3) is 115 Å². The highest BCUT2D eigenvalue weighted by Crippen LogP contribution is 2.42. The van der Waals surface area contributed by atoms with Gasteiger partial charge in [-0.05, 0) is 58.5 Å². The topological polar surface area (TPSA) is 43.1 Å². The molecule has 0 saturated carbocycles. The molecule has 4 nitrogen and oxygen atoms in total. The van der Waals surface area contributed by atoms with Crippen molar-refractivity contribution >= 4 is 47.8 Å². The van der Waals surface area contributed by atoms with Gasteiger partial charge in [-0.15, -0.1) is 11.3 Å². The summed E-state index contributed by atoms with van der Waals surface area (Å²) in [5.74, 6) is 0.678. The molecule has 0 aliphatic carbocycles. The minimum absolute atomic E-state index is 0.678. The molecular formula is C57H36N4S. The van der Waals surface area contributed by atoms with Crippen molar-refractivity contribution in [3.8, 4) is 78.7 Å². The second-order valence-electron chi connectivity index (χ2n) is 15.6. The van der Waals surface area contributed by atoms with E-state index in [0.29, 0.717) is 5.82 Å². The summed E-state index contributed by atoms with van der Waals surface area (Å²) < 4.78 is 4.76. The van der Waals surface area contributed by atoms with Gasteiger partial charge in [0.05, 0.1) is 22.6 Å². The molecule has 0 aliphatic heterocycles. The molecule has 0 unspecified atom stereocenters. The molecule has 0 N–H and O–H groups in total. The zero-order chi connectivity index (χ0) is 41.0. The zero-order valence-corrected chi connectivity index (χ0v) is 34.3. The highest BCUT2D eigenvalue weighted by molar-refractivity contribution is 7.25. The molecule has 0 atom stereocenters. The number of aromatic nitrogens is 4. The smallest absolute Gasteiger partial charge is 0.160 e. The molecule has 5 heteroatoms. The molecule has 0 bridgehead atoms. The van der Waals surface area contributed by atoms with Crippen molar-refractivity contribution < 1.29 is 0 Å². The minimum atomic E-state index is 0.678. The van der Waals surface area contributed by atoms with Crippen LogP contribution < -0.4 is 0 Å². The van der Waals surface area contributed by atoms with Crippen LogP contribution in [0.5, 0.6) is 0 Å². The highest BCUT2D eigenvalue weighted by Gasteiger charge is 2.22. The lowest BCUT2D eigenvalue weighted by atomic mass is 9.95. The Morgan fingerprint density at radius 3 is 1.71 bits per heavy atom. The summed E-state index contributed by atoms with van der Waals surface area (Å²) in [6, 6.07) is 77.3. The fourth-order valence-electron chi connectivity index (χ4n) is 8.81. The van der Waals surface area contributed by atoms with Crippen LogP contribution in [0.1, 0.15) is 0 Å². The van der Waals surface area contributed by atoms with E-state index >= 15 is 0 Å². The first-order valence-electron chi connectivity index (χ1n) is 20.8. The second-order valence-corrected chi connectivity index (χ2v) is 16.7. The highest BCUT2D eigenvalue weighted by atomic mass is 32.1. The lowest BCUT2D eigenvalue weighted by Gasteiger charge is -2.12. The molecule has 4 aromatic heterocycles. The fourth-order valence-corrected chi connectivity index (χ4v) is 9.89. The Labute approximate surface area is 362 Å². The molecule has 12 rings (SSSR count). The Balaban J connectivity index is 1.01. The van der Waals surface area contributed by atoms with Crippen LogP contribution in [0.15, 0.2) is 218 Å². The number of nitrogens with zero attached hydrogens (tertiary/aromatic N) is 4. The maximum absolute atomic E-state index is 5.44. The van der Waals surface area contributed by atoms with Gasteiger partial charge in [-0.1, -0.05) is 182 Å². The number of rotatable bonds is 7. The molecule has 0 radical (unpaired) electrons. The van der Waals surface area contributed by atoms with Crippen LogP contribution in [0.4, 0.5) is 0 Å². The number of hydrogen-bond acceptors (Lipinski definition) is 4. The van der Waals surface area contributed by atoms with Crippen molar-refractivity contribution in [3.05, 3.63) is 218 Å². The fraction of sp³-hybridized carbons (Fsp3) is 0. The molecule has 290 valence electrons. The molecule has 62 heavy (non-hydrogen) atoms. The minimum Gasteiger partial charge on any atom is -0.231 e. The summed E-state index contributed by atoms with van der Waals surface area (Å²) in [7, 11) is 0. The Bertz CT molecular complexity index is 3610. The second kappa shape index (κ2) is 14.9. The van der Waals surface area contributed by atoms with E-state index in [4.69, 9.17) is 15.1 Å². The quantitative estimate of drug-likeness (QED) is 0.161. The third kappa shape index (κ3) is 6.26. The Hall–Kier alpha value is -7.99. The lowest BCUT2D eigenvalue weighted by Crippen LogP contribution is -1.96. The van der Waals surface area contributed by atoms with Crippen molar-refractivity contribution in [2.45, 2.75) is 0 Å². The van der Waals surface area contributed by atoms with Crippen LogP contribution >= 0.6 is 11.3 Å². The predicted octanol–water partition coefficient (Wildman–Crippen LogP) is 15.3. The summed E-state index contributed by atoms with van der Waals surface area (Å²) in [5, 5.41) is 10.3. The molecular weight excluding hydrogens is 773 g/mol. The van der Waals surface area contributed by atoms with Gasteiger partial charge in [0.15, 0.2) is 5.82 Å². The molecule has 0 aliphatic rings. The van der Waals surface area contributed by atoms with Crippen molar-refractivity contribution in [2.75, 3.05) is 0 Å². The molecule has 0 fully saturated rings. The van der Waals surface area contributed by atoms with Gasteiger partial charge in [0.25, 0.3) is 0 Å². The summed E-state index contributed by atoms with van der Waals surface area (Å²) in [4.78, 5) is 10.5. The van der Waals surface area contributed by atoms with Gasteiger partial charge >= 0.3 is 0 Å². The van der Waals surface area contributed by atoms with Gasteiger partial charge in [-0.2, -0.15) is 5.10 Å². The van der Waals surface area contributed by atoms with Crippen molar-refractivity contribution in [1.29, 1.82) is 0 Å². The van der Waals surface area contributed by atoms with E-state index in [2.05, 4.69) is 217 Å². The molecule has 4 heterocycles. The lowest BCUT2D eigenvalue weighted by molar-refractivity contribution is 0.979. The number of thiophene rings is 1. The van der Waals surface area contributed by atoms with E-state index in [-0.39, 0.29) is 0 Å². The third-order valence-corrected chi connectivity index (χ3v) is 13.0. The first kappa shape index (κ1) is 35.9. The average molecular weight is 809 g/mol. The van der Waals surface area contributed by atoms with Crippen LogP contribution in [-0.4, -0.2) is 19.6 Å². The van der Waals surface area contributed by atoms with Crippen molar-refractivity contribution in [1.82, 2.24) is 19.6 Å². The van der Waals surface area contributed by atoms with Crippen LogP contribution in [0.2, 0.25) is 0 Å². The largest absolute Gasteiger partial charge is 0.231 e. The van der Waals surface area contributed by atoms with Crippen LogP contribution in [-0.2, 0) is 0 Å². The SMILES string of the molecule is c1ccc(-c2cc(-c3cccc(-c4c(-c5ccccc5)nn5c(-c6ccccc6)cc6ccccc6c45)c3)nc(-c3ccc(-c4ccc5sc6ccccc6c5c4)cc3)n2)cc1. The third-order valence-electron chi connectivity index (χ3n) is 11.8. The molecule has 0 amide bonds. The predicted molar refractivity (Wildman–Crippen MR) is 259 cm³/mol. The maximum Gasteiger partial charge on any atom is 0.160 e. The molecule has 0 saturated heterocycles. The van der Waals surface area contributed by atoms with Gasteiger partial charge in [0.1, 0.15) is 5.69 Å². The van der Waals surface area contributed by atoms with Gasteiger partial charge in [-0.3, -0.25) is 0 Å². The van der Waals surface area contributed by atoms with Gasteiger partial charge in [0.2, 0.25) is 0 Å². The van der Waals surface area contributed by atoms with E-state index in [9.17, 15) is 0 Å². The first-order valence-corrected chi connectivity index (χ1v) is 21.7. The van der Waals surface area contributed by atoms with E-state index < -0.39 is 0 Å². The summed E-state index contributed by atoms with van der Waals surface area (Å²) in [5.41, 5.74) is 14.4. The number of benzene rings is 8. The van der Waals surface area contributed by atoms with E-state index in [1.54, 1.807) is 0 Å². The Kier molecular flexibility index (Phi) is 8.65. The van der Waals surface area contributed by atoms with Crippen molar-refractivity contribution in [2.24, 2.45) is 0 Å². The normalized spacial score (nSPS) is 11.5. The molecule has 8 aromatic carbocycles. The average Bonchev–Trinajstić information content (AvgIpc) is 3.94. The van der Waals surface area contributed by atoms with Crippen LogP contribution in [0, 0.1) is 0 Å². The Morgan fingerprint density at radius 1 is 0.355 bits per heavy atom. The van der Waals surface area contributed by atoms with Gasteiger partial charge in [-0.25, -0.2) is 14.5 Å². The number of pyridine rings is 1. The van der Waals surface area contributed by atoms with Crippen LogP contribution in [0.3, 0.4) is 0 Å².